The van der Waals surface area contributed by atoms with Crippen molar-refractivity contribution in [3.63, 3.8) is 0 Å². The summed E-state index contributed by atoms with van der Waals surface area (Å²) in [5.41, 5.74) is 2.84. The zero-order valence-corrected chi connectivity index (χ0v) is 29.7. The Kier molecular flexibility index (Phi) is 26.7. The third-order valence-corrected chi connectivity index (χ3v) is 6.85. The maximum Gasteiger partial charge on any atom is 0.330 e. The Morgan fingerprint density at radius 1 is 0.741 bits per heavy atom. The van der Waals surface area contributed by atoms with Crippen LogP contribution in [0.1, 0.15) is 73.6 Å². The number of aliphatic hydroxyl groups is 1. The number of hydrogen-bond acceptors (Lipinski definition) is 10. The number of hydrogen-bond donors (Lipinski definition) is 2. The fourth-order valence-corrected chi connectivity index (χ4v) is 4.41. The topological polar surface area (TPSA) is 156 Å². The number of aromatic hydroxyl groups is 1. The highest BCUT2D eigenvalue weighted by molar-refractivity contribution is 5.87. The Morgan fingerprint density at radius 3 is 1.70 bits per heavy atom. The molecule has 0 unspecified atom stereocenters. The largest absolute Gasteiger partial charge is 0.508 e. The molecule has 2 N–H and O–H groups in total. The highest BCUT2D eigenvalue weighted by Gasteiger charge is 2.02. The summed E-state index contributed by atoms with van der Waals surface area (Å²) in [4.78, 5) is 43.2. The molecule has 2 aromatic heterocycles. The molecule has 294 valence electrons. The minimum Gasteiger partial charge on any atom is -0.508 e. The molecule has 0 atom stereocenters. The number of aromatic nitrogens is 2. The molecule has 4 aromatic rings. The van der Waals surface area contributed by atoms with Crippen LogP contribution in [-0.2, 0) is 36.9 Å². The van der Waals surface area contributed by atoms with E-state index in [4.69, 9.17) is 29.2 Å². The van der Waals surface area contributed by atoms with Gasteiger partial charge in [-0.2, -0.15) is 0 Å². The smallest absolute Gasteiger partial charge is 0.330 e. The SMILES string of the molecule is C.C.C1CCOC1.CCOC(=O)/C=C/c1cccn1CCO.CCOC(=O)/C=C/c1cccn1CCOc1cccc(C=O)c1.O=Cc1cccc(O)c1. The van der Waals surface area contributed by atoms with E-state index in [0.717, 1.165) is 30.9 Å². The molecule has 1 saturated heterocycles. The summed E-state index contributed by atoms with van der Waals surface area (Å²) in [6.07, 6.45) is 14.0. The van der Waals surface area contributed by atoms with Crippen LogP contribution < -0.4 is 4.74 Å². The number of ether oxygens (including phenoxy) is 4. The molecule has 5 rings (SSSR count). The molecule has 12 heteroatoms. The number of aldehydes is 2. The molecule has 12 nitrogen and oxygen atoms in total. The summed E-state index contributed by atoms with van der Waals surface area (Å²) in [7, 11) is 0. The lowest BCUT2D eigenvalue weighted by Crippen LogP contribution is -2.08. The molecule has 0 amide bonds. The van der Waals surface area contributed by atoms with Crippen LogP contribution in [0, 0.1) is 0 Å². The zero-order valence-electron chi connectivity index (χ0n) is 29.7. The first-order chi connectivity index (χ1) is 25.3. The quantitative estimate of drug-likeness (QED) is 0.0763. The van der Waals surface area contributed by atoms with Crippen LogP contribution in [0.3, 0.4) is 0 Å². The molecular weight excluding hydrogens is 692 g/mol. The van der Waals surface area contributed by atoms with Gasteiger partial charge in [0, 0.05) is 66.8 Å². The summed E-state index contributed by atoms with van der Waals surface area (Å²) < 4.78 is 24.0. The second kappa shape index (κ2) is 29.8. The monoisotopic (exact) mass is 748 g/mol. The van der Waals surface area contributed by atoms with Crippen molar-refractivity contribution in [1.29, 1.82) is 0 Å². The molecular formula is C42H56N2O10. The van der Waals surface area contributed by atoms with Crippen molar-refractivity contribution in [3.8, 4) is 11.5 Å². The Morgan fingerprint density at radius 2 is 1.26 bits per heavy atom. The van der Waals surface area contributed by atoms with E-state index in [1.807, 2.05) is 51.9 Å². The zero-order chi connectivity index (χ0) is 37.8. The third kappa shape index (κ3) is 20.4. The lowest BCUT2D eigenvalue weighted by Gasteiger charge is -2.09. The van der Waals surface area contributed by atoms with Crippen LogP contribution in [0.25, 0.3) is 12.2 Å². The predicted octanol–water partition coefficient (Wildman–Crippen LogP) is 7.29. The van der Waals surface area contributed by atoms with Crippen LogP contribution in [0.4, 0.5) is 0 Å². The number of carbonyl (C=O) groups excluding carboxylic acids is 4. The van der Waals surface area contributed by atoms with Crippen molar-refractivity contribution < 1.29 is 48.3 Å². The lowest BCUT2D eigenvalue weighted by molar-refractivity contribution is -0.138. The number of esters is 2. The van der Waals surface area contributed by atoms with Gasteiger partial charge < -0.3 is 38.3 Å². The predicted molar refractivity (Wildman–Crippen MR) is 212 cm³/mol. The van der Waals surface area contributed by atoms with Gasteiger partial charge in [-0.05, 0) is 87.4 Å². The summed E-state index contributed by atoms with van der Waals surface area (Å²) in [5, 5.41) is 17.6. The molecule has 0 spiro atoms. The molecule has 1 aliphatic heterocycles. The fourth-order valence-electron chi connectivity index (χ4n) is 4.41. The van der Waals surface area contributed by atoms with E-state index in [-0.39, 0.29) is 39.1 Å². The van der Waals surface area contributed by atoms with E-state index >= 15 is 0 Å². The molecule has 0 saturated carbocycles. The van der Waals surface area contributed by atoms with E-state index < -0.39 is 0 Å². The highest BCUT2D eigenvalue weighted by atomic mass is 16.5. The van der Waals surface area contributed by atoms with Crippen molar-refractivity contribution in [2.24, 2.45) is 0 Å². The van der Waals surface area contributed by atoms with E-state index in [1.54, 1.807) is 56.3 Å². The molecule has 0 aliphatic carbocycles. The van der Waals surface area contributed by atoms with Gasteiger partial charge in [0.15, 0.2) is 0 Å². The van der Waals surface area contributed by atoms with Crippen molar-refractivity contribution in [3.05, 3.63) is 120 Å². The number of nitrogens with zero attached hydrogens (tertiary/aromatic N) is 2. The van der Waals surface area contributed by atoms with Crippen molar-refractivity contribution >= 4 is 36.7 Å². The van der Waals surface area contributed by atoms with Gasteiger partial charge in [-0.25, -0.2) is 9.59 Å². The summed E-state index contributed by atoms with van der Waals surface area (Å²) >= 11 is 0. The summed E-state index contributed by atoms with van der Waals surface area (Å²) in [5.74, 6) is 0.0707. The first-order valence-electron chi connectivity index (χ1n) is 16.9. The van der Waals surface area contributed by atoms with Crippen LogP contribution in [0.2, 0.25) is 0 Å². The molecule has 54 heavy (non-hydrogen) atoms. The van der Waals surface area contributed by atoms with Gasteiger partial charge in [-0.1, -0.05) is 39.1 Å². The Bertz CT molecular complexity index is 1680. The standard InChI is InChI=1S/C18H19NO4.C11H15NO3.C7H6O2.C4H8O.2CH4/c1-2-22-18(21)9-8-16-6-4-10-19(16)11-12-23-17-7-3-5-15(13-17)14-20;1-2-15-11(14)6-5-10-4-3-7-12(10)8-9-13;8-5-6-2-1-3-7(9)4-6;1-2-4-5-3-1;;/h3-10,13-14H,2,11-12H2,1H3;3-7,13H,2,8-9H2,1H3;1-5,9H;1-4H2;2*1H4/b9-8+;6-5+;;;;. The molecule has 1 aliphatic rings. The van der Waals surface area contributed by atoms with E-state index in [1.165, 1.54) is 37.1 Å². The van der Waals surface area contributed by atoms with Crippen LogP contribution >= 0.6 is 0 Å². The molecule has 0 bridgehead atoms. The first kappa shape index (κ1) is 48.3. The number of phenols is 1. The molecule has 1 fully saturated rings. The fraction of sp³-hybridized carbons (Fsp3) is 0.333. The second-order valence-corrected chi connectivity index (χ2v) is 10.7. The van der Waals surface area contributed by atoms with Crippen molar-refractivity contribution in [2.45, 2.75) is 54.6 Å². The Hall–Kier alpha value is -5.72. The Labute approximate surface area is 319 Å². The number of rotatable bonds is 14. The van der Waals surface area contributed by atoms with Gasteiger partial charge in [0.25, 0.3) is 0 Å². The number of carbonyl (C=O) groups is 4. The number of phenolic OH excluding ortho intramolecular Hbond substituents is 1. The van der Waals surface area contributed by atoms with Gasteiger partial charge >= 0.3 is 11.9 Å². The molecule has 2 aromatic carbocycles. The summed E-state index contributed by atoms with van der Waals surface area (Å²) in [6, 6.07) is 20.7. The lowest BCUT2D eigenvalue weighted by atomic mass is 10.2. The van der Waals surface area contributed by atoms with Gasteiger partial charge in [0.1, 0.15) is 30.7 Å². The molecule has 3 heterocycles. The summed E-state index contributed by atoms with van der Waals surface area (Å²) in [6.45, 7) is 7.95. The minimum atomic E-state index is -0.359. The van der Waals surface area contributed by atoms with E-state index in [0.29, 0.717) is 56.1 Å². The van der Waals surface area contributed by atoms with Crippen LogP contribution in [0.5, 0.6) is 11.5 Å². The maximum atomic E-state index is 11.3. The maximum absolute atomic E-state index is 11.3. The van der Waals surface area contributed by atoms with Gasteiger partial charge in [0.05, 0.1) is 26.4 Å². The highest BCUT2D eigenvalue weighted by Crippen LogP contribution is 2.13. The molecule has 0 radical (unpaired) electrons. The number of benzene rings is 2. The van der Waals surface area contributed by atoms with Gasteiger partial charge in [0.2, 0.25) is 0 Å². The van der Waals surface area contributed by atoms with Gasteiger partial charge in [-0.15, -0.1) is 0 Å². The minimum absolute atomic E-state index is 0. The van der Waals surface area contributed by atoms with E-state index in [2.05, 4.69) is 0 Å². The number of aliphatic hydroxyl groups excluding tert-OH is 1. The van der Waals surface area contributed by atoms with Gasteiger partial charge in [-0.3, -0.25) is 9.59 Å². The van der Waals surface area contributed by atoms with E-state index in [9.17, 15) is 19.2 Å². The first-order valence-corrected chi connectivity index (χ1v) is 16.9. The second-order valence-electron chi connectivity index (χ2n) is 10.7. The third-order valence-electron chi connectivity index (χ3n) is 6.85. The van der Waals surface area contributed by atoms with Crippen LogP contribution in [-0.4, -0.2) is 83.5 Å². The Balaban J connectivity index is 0.000000774. The van der Waals surface area contributed by atoms with Crippen molar-refractivity contribution in [1.82, 2.24) is 9.13 Å². The average molecular weight is 749 g/mol. The average Bonchev–Trinajstić information content (AvgIpc) is 3.96. The normalized spacial score (nSPS) is 11.2. The van der Waals surface area contributed by atoms with Crippen LogP contribution in [0.15, 0.2) is 97.3 Å². The van der Waals surface area contributed by atoms with Crippen molar-refractivity contribution in [2.75, 3.05) is 39.6 Å².